The van der Waals surface area contributed by atoms with Crippen molar-refractivity contribution >= 4 is 15.9 Å². The number of benzene rings is 1. The Kier molecular flexibility index (Phi) is 3.47. The Labute approximate surface area is 100 Å². The van der Waals surface area contributed by atoms with E-state index >= 15 is 0 Å². The molecule has 0 bridgehead atoms. The molecular formula is C13H18BrN. The first-order valence-corrected chi connectivity index (χ1v) is 6.43. The molecule has 0 aliphatic carbocycles. The molecule has 0 amide bonds. The zero-order valence-electron chi connectivity index (χ0n) is 9.44. The summed E-state index contributed by atoms with van der Waals surface area (Å²) < 4.78 is 1.31. The van der Waals surface area contributed by atoms with E-state index in [0.29, 0.717) is 0 Å². The van der Waals surface area contributed by atoms with Crippen molar-refractivity contribution in [3.05, 3.63) is 33.3 Å². The third-order valence-electron chi connectivity index (χ3n) is 3.33. The molecule has 0 spiro atoms. The lowest BCUT2D eigenvalue weighted by molar-refractivity contribution is 0.577. The van der Waals surface area contributed by atoms with Gasteiger partial charge in [-0.1, -0.05) is 28.1 Å². The largest absolute Gasteiger partial charge is 0.316 e. The lowest BCUT2D eigenvalue weighted by atomic mass is 9.94. The molecule has 0 aromatic heterocycles. The third-order valence-corrected chi connectivity index (χ3v) is 4.43. The highest BCUT2D eigenvalue weighted by molar-refractivity contribution is 9.10. The van der Waals surface area contributed by atoms with Gasteiger partial charge in [0.25, 0.3) is 0 Å². The van der Waals surface area contributed by atoms with Crippen LogP contribution in [0.25, 0.3) is 0 Å². The number of hydrogen-bond acceptors (Lipinski definition) is 1. The lowest BCUT2D eigenvalue weighted by Gasteiger charge is -2.14. The standard InChI is InChI=1S/C13H18BrN/c1-9-3-4-10(2)13(14)12(9)7-11-5-6-15-8-11/h3-4,11,15H,5-8H2,1-2H3. The molecule has 1 N–H and O–H groups in total. The fourth-order valence-corrected chi connectivity index (χ4v) is 2.87. The molecule has 82 valence electrons. The van der Waals surface area contributed by atoms with E-state index < -0.39 is 0 Å². The highest BCUT2D eigenvalue weighted by Crippen LogP contribution is 2.28. The number of nitrogens with one attached hydrogen (secondary N) is 1. The van der Waals surface area contributed by atoms with Crippen LogP contribution in [-0.4, -0.2) is 13.1 Å². The summed E-state index contributed by atoms with van der Waals surface area (Å²) in [6.45, 7) is 6.74. The lowest BCUT2D eigenvalue weighted by Crippen LogP contribution is -2.11. The van der Waals surface area contributed by atoms with E-state index in [2.05, 4.69) is 47.2 Å². The van der Waals surface area contributed by atoms with Crippen LogP contribution in [0.3, 0.4) is 0 Å². The molecular weight excluding hydrogens is 250 g/mol. The zero-order valence-corrected chi connectivity index (χ0v) is 11.0. The van der Waals surface area contributed by atoms with Crippen LogP contribution in [0.4, 0.5) is 0 Å². The minimum atomic E-state index is 0.821. The molecule has 1 saturated heterocycles. The third kappa shape index (κ3) is 2.43. The minimum Gasteiger partial charge on any atom is -0.316 e. The van der Waals surface area contributed by atoms with Gasteiger partial charge < -0.3 is 5.32 Å². The molecule has 0 radical (unpaired) electrons. The minimum absolute atomic E-state index is 0.821. The Morgan fingerprint density at radius 1 is 1.33 bits per heavy atom. The Hall–Kier alpha value is -0.340. The van der Waals surface area contributed by atoms with Gasteiger partial charge in [-0.15, -0.1) is 0 Å². The van der Waals surface area contributed by atoms with Crippen LogP contribution in [0.2, 0.25) is 0 Å². The van der Waals surface area contributed by atoms with Crippen molar-refractivity contribution in [1.82, 2.24) is 5.32 Å². The predicted molar refractivity (Wildman–Crippen MR) is 68.3 cm³/mol. The molecule has 1 aliphatic heterocycles. The Morgan fingerprint density at radius 2 is 2.07 bits per heavy atom. The van der Waals surface area contributed by atoms with Gasteiger partial charge in [-0.05, 0) is 62.4 Å². The molecule has 1 aromatic rings. The van der Waals surface area contributed by atoms with Gasteiger partial charge >= 0.3 is 0 Å². The molecule has 1 nitrogen and oxygen atoms in total. The van der Waals surface area contributed by atoms with Gasteiger partial charge in [-0.2, -0.15) is 0 Å². The Balaban J connectivity index is 2.22. The average molecular weight is 268 g/mol. The molecule has 2 heteroatoms. The van der Waals surface area contributed by atoms with Gasteiger partial charge in [0.2, 0.25) is 0 Å². The van der Waals surface area contributed by atoms with Crippen molar-refractivity contribution in [3.63, 3.8) is 0 Å². The van der Waals surface area contributed by atoms with Gasteiger partial charge in [0, 0.05) is 4.47 Å². The Morgan fingerprint density at radius 3 is 2.73 bits per heavy atom. The van der Waals surface area contributed by atoms with E-state index in [4.69, 9.17) is 0 Å². The van der Waals surface area contributed by atoms with Gasteiger partial charge in [0.1, 0.15) is 0 Å². The molecule has 1 aromatic carbocycles. The number of rotatable bonds is 2. The maximum atomic E-state index is 3.72. The van der Waals surface area contributed by atoms with E-state index in [9.17, 15) is 0 Å². The molecule has 1 fully saturated rings. The van der Waals surface area contributed by atoms with E-state index in [-0.39, 0.29) is 0 Å². The van der Waals surface area contributed by atoms with Gasteiger partial charge in [-0.25, -0.2) is 0 Å². The fraction of sp³-hybridized carbons (Fsp3) is 0.538. The molecule has 0 saturated carbocycles. The summed E-state index contributed by atoms with van der Waals surface area (Å²) in [7, 11) is 0. The first-order chi connectivity index (χ1) is 7.18. The maximum Gasteiger partial charge on any atom is 0.0239 e. The van der Waals surface area contributed by atoms with Crippen molar-refractivity contribution in [2.75, 3.05) is 13.1 Å². The van der Waals surface area contributed by atoms with Crippen molar-refractivity contribution in [1.29, 1.82) is 0 Å². The van der Waals surface area contributed by atoms with Gasteiger partial charge in [0.05, 0.1) is 0 Å². The van der Waals surface area contributed by atoms with E-state index in [1.807, 2.05) is 0 Å². The summed E-state index contributed by atoms with van der Waals surface area (Å²) in [5.41, 5.74) is 4.27. The summed E-state index contributed by atoms with van der Waals surface area (Å²) in [6.07, 6.45) is 2.53. The number of hydrogen-bond donors (Lipinski definition) is 1. The Bertz CT molecular complexity index is 354. The molecule has 1 aliphatic rings. The summed E-state index contributed by atoms with van der Waals surface area (Å²) in [5.74, 6) is 0.821. The second-order valence-electron chi connectivity index (χ2n) is 4.55. The second-order valence-corrected chi connectivity index (χ2v) is 5.35. The second kappa shape index (κ2) is 4.67. The van der Waals surface area contributed by atoms with Crippen LogP contribution in [0.15, 0.2) is 16.6 Å². The normalized spacial score (nSPS) is 20.9. The predicted octanol–water partition coefficient (Wildman–Crippen LogP) is 3.22. The van der Waals surface area contributed by atoms with Crippen molar-refractivity contribution < 1.29 is 0 Å². The van der Waals surface area contributed by atoms with Crippen molar-refractivity contribution in [2.24, 2.45) is 5.92 Å². The van der Waals surface area contributed by atoms with Crippen LogP contribution < -0.4 is 5.32 Å². The van der Waals surface area contributed by atoms with Gasteiger partial charge in [-0.3, -0.25) is 0 Å². The van der Waals surface area contributed by atoms with E-state index in [0.717, 1.165) is 5.92 Å². The SMILES string of the molecule is Cc1ccc(C)c(CC2CCNC2)c1Br. The molecule has 1 atom stereocenters. The van der Waals surface area contributed by atoms with Crippen molar-refractivity contribution in [2.45, 2.75) is 26.7 Å². The number of halogens is 1. The smallest absolute Gasteiger partial charge is 0.0239 e. The highest BCUT2D eigenvalue weighted by atomic mass is 79.9. The van der Waals surface area contributed by atoms with Crippen LogP contribution in [0.1, 0.15) is 23.1 Å². The molecule has 15 heavy (non-hydrogen) atoms. The summed E-state index contributed by atoms with van der Waals surface area (Å²) >= 11 is 3.72. The first kappa shape index (κ1) is 11.2. The number of aryl methyl sites for hydroxylation is 2. The van der Waals surface area contributed by atoms with E-state index in [1.54, 1.807) is 0 Å². The van der Waals surface area contributed by atoms with E-state index in [1.165, 1.54) is 47.1 Å². The topological polar surface area (TPSA) is 12.0 Å². The van der Waals surface area contributed by atoms with Crippen LogP contribution in [0.5, 0.6) is 0 Å². The summed E-state index contributed by atoms with van der Waals surface area (Å²) in [6, 6.07) is 4.42. The van der Waals surface area contributed by atoms with Gasteiger partial charge in [0.15, 0.2) is 0 Å². The zero-order chi connectivity index (χ0) is 10.8. The molecule has 1 heterocycles. The molecule has 1 unspecified atom stereocenters. The maximum absolute atomic E-state index is 3.72. The van der Waals surface area contributed by atoms with Crippen LogP contribution >= 0.6 is 15.9 Å². The monoisotopic (exact) mass is 267 g/mol. The summed E-state index contributed by atoms with van der Waals surface area (Å²) in [4.78, 5) is 0. The quantitative estimate of drug-likeness (QED) is 0.868. The van der Waals surface area contributed by atoms with Crippen molar-refractivity contribution in [3.8, 4) is 0 Å². The average Bonchev–Trinajstić information content (AvgIpc) is 2.71. The first-order valence-electron chi connectivity index (χ1n) is 5.64. The highest BCUT2D eigenvalue weighted by Gasteiger charge is 2.17. The molecule has 2 rings (SSSR count). The fourth-order valence-electron chi connectivity index (χ4n) is 2.26. The van der Waals surface area contributed by atoms with Crippen LogP contribution in [0, 0.1) is 19.8 Å². The van der Waals surface area contributed by atoms with Crippen LogP contribution in [-0.2, 0) is 6.42 Å². The summed E-state index contributed by atoms with van der Waals surface area (Å²) in [5, 5.41) is 3.43.